The topological polar surface area (TPSA) is 64.9 Å². The number of urea groups is 1. The largest absolute Gasteiger partial charge is 0.324 e. The van der Waals surface area contributed by atoms with E-state index in [1.807, 2.05) is 42.5 Å². The number of rotatable bonds is 2. The maximum Gasteiger partial charge on any atom is 0.324 e. The van der Waals surface area contributed by atoms with Gasteiger partial charge in [-0.05, 0) is 42.2 Å². The van der Waals surface area contributed by atoms with Crippen molar-refractivity contribution in [2.75, 3.05) is 10.6 Å². The Morgan fingerprint density at radius 1 is 1.19 bits per heavy atom. The fraction of sp³-hybridized carbons (Fsp3) is 0.238. The summed E-state index contributed by atoms with van der Waals surface area (Å²) >= 11 is 1.54. The number of benzene rings is 2. The Balaban J connectivity index is 1.58. The van der Waals surface area contributed by atoms with Gasteiger partial charge in [0, 0.05) is 10.3 Å². The van der Waals surface area contributed by atoms with Gasteiger partial charge < -0.3 is 5.32 Å². The van der Waals surface area contributed by atoms with E-state index in [4.69, 9.17) is 0 Å². The first-order valence-electron chi connectivity index (χ1n) is 8.76. The molecule has 1 atom stereocenters. The van der Waals surface area contributed by atoms with Crippen molar-refractivity contribution in [1.29, 1.82) is 5.26 Å². The van der Waals surface area contributed by atoms with E-state index >= 15 is 0 Å². The van der Waals surface area contributed by atoms with Crippen molar-refractivity contribution in [3.8, 4) is 6.07 Å². The molecule has 26 heavy (non-hydrogen) atoms. The van der Waals surface area contributed by atoms with Crippen LogP contribution in [0.4, 0.5) is 15.5 Å². The van der Waals surface area contributed by atoms with Crippen molar-refractivity contribution in [3.63, 3.8) is 0 Å². The summed E-state index contributed by atoms with van der Waals surface area (Å²) in [4.78, 5) is 13.8. The summed E-state index contributed by atoms with van der Waals surface area (Å²) in [7, 11) is 0. The number of nitrogens with zero attached hydrogens (tertiary/aromatic N) is 1. The third-order valence-corrected chi connectivity index (χ3v) is 6.06. The number of amides is 2. The molecule has 4 rings (SSSR count). The maximum absolute atomic E-state index is 12.5. The molecule has 1 aliphatic carbocycles. The molecule has 2 N–H and O–H groups in total. The van der Waals surface area contributed by atoms with Crippen LogP contribution in [-0.4, -0.2) is 6.03 Å². The highest BCUT2D eigenvalue weighted by atomic mass is 32.1. The summed E-state index contributed by atoms with van der Waals surface area (Å²) in [6.07, 6.45) is 3.00. The van der Waals surface area contributed by atoms with Crippen LogP contribution in [0, 0.1) is 17.2 Å². The number of fused-ring (bicyclic) bond motifs is 2. The zero-order valence-electron chi connectivity index (χ0n) is 14.5. The minimum atomic E-state index is -0.315. The number of hydrogen-bond donors (Lipinski definition) is 2. The summed E-state index contributed by atoms with van der Waals surface area (Å²) in [6, 6.07) is 15.7. The van der Waals surface area contributed by atoms with Gasteiger partial charge in [0.25, 0.3) is 0 Å². The number of anilines is 2. The molecular formula is C21H19N3OS. The molecular weight excluding hydrogens is 342 g/mol. The molecule has 2 aromatic carbocycles. The molecule has 0 saturated carbocycles. The van der Waals surface area contributed by atoms with E-state index in [2.05, 4.69) is 23.6 Å². The Bertz CT molecular complexity index is 1030. The zero-order chi connectivity index (χ0) is 18.1. The minimum absolute atomic E-state index is 0.315. The van der Waals surface area contributed by atoms with Crippen molar-refractivity contribution >= 4 is 38.8 Å². The number of carbonyl (C=O) groups excluding carboxylic acids is 1. The van der Waals surface area contributed by atoms with Crippen LogP contribution in [0.1, 0.15) is 29.3 Å². The van der Waals surface area contributed by atoms with Gasteiger partial charge in [-0.1, -0.05) is 43.3 Å². The van der Waals surface area contributed by atoms with E-state index < -0.39 is 0 Å². The third-order valence-electron chi connectivity index (χ3n) is 4.89. The molecule has 0 aliphatic heterocycles. The van der Waals surface area contributed by atoms with Gasteiger partial charge >= 0.3 is 6.03 Å². The Morgan fingerprint density at radius 2 is 2.00 bits per heavy atom. The highest BCUT2D eigenvalue weighted by Gasteiger charge is 2.24. The smallest absolute Gasteiger partial charge is 0.307 e. The number of nitriles is 1. The quantitative estimate of drug-likeness (QED) is 0.629. The molecule has 2 amide bonds. The number of hydrogen-bond acceptors (Lipinski definition) is 3. The van der Waals surface area contributed by atoms with Crippen LogP contribution in [0.15, 0.2) is 42.5 Å². The summed E-state index contributed by atoms with van der Waals surface area (Å²) in [6.45, 7) is 2.23. The van der Waals surface area contributed by atoms with E-state index in [1.54, 1.807) is 0 Å². The van der Waals surface area contributed by atoms with Crippen LogP contribution in [0.3, 0.4) is 0 Å². The van der Waals surface area contributed by atoms with Crippen LogP contribution >= 0.6 is 11.3 Å². The second kappa shape index (κ2) is 6.81. The lowest BCUT2D eigenvalue weighted by atomic mass is 9.89. The average molecular weight is 361 g/mol. The number of carbonyl (C=O) groups is 1. The van der Waals surface area contributed by atoms with Gasteiger partial charge in [0.05, 0.1) is 11.3 Å². The van der Waals surface area contributed by atoms with E-state index in [1.165, 1.54) is 16.2 Å². The van der Waals surface area contributed by atoms with Gasteiger partial charge in [-0.25, -0.2) is 4.79 Å². The summed E-state index contributed by atoms with van der Waals surface area (Å²) in [5.41, 5.74) is 2.51. The normalized spacial score (nSPS) is 15.9. The fourth-order valence-electron chi connectivity index (χ4n) is 3.55. The summed E-state index contributed by atoms with van der Waals surface area (Å²) in [5, 5.41) is 18.1. The third kappa shape index (κ3) is 3.04. The average Bonchev–Trinajstić information content (AvgIpc) is 2.97. The van der Waals surface area contributed by atoms with Crippen LogP contribution in [0.2, 0.25) is 0 Å². The predicted octanol–water partition coefficient (Wildman–Crippen LogP) is 5.54. The lowest BCUT2D eigenvalue weighted by Crippen LogP contribution is -2.19. The molecule has 1 heterocycles. The zero-order valence-corrected chi connectivity index (χ0v) is 15.3. The molecule has 1 aromatic heterocycles. The van der Waals surface area contributed by atoms with Crippen LogP contribution in [0.25, 0.3) is 10.8 Å². The van der Waals surface area contributed by atoms with Gasteiger partial charge in [-0.3, -0.25) is 5.32 Å². The minimum Gasteiger partial charge on any atom is -0.307 e. The maximum atomic E-state index is 12.5. The monoisotopic (exact) mass is 361 g/mol. The lowest BCUT2D eigenvalue weighted by Gasteiger charge is -2.17. The van der Waals surface area contributed by atoms with Crippen molar-refractivity contribution in [3.05, 3.63) is 58.5 Å². The first kappa shape index (κ1) is 16.6. The number of thiophene rings is 1. The van der Waals surface area contributed by atoms with Crippen molar-refractivity contribution in [2.24, 2.45) is 5.92 Å². The molecule has 0 spiro atoms. The van der Waals surface area contributed by atoms with Crippen LogP contribution in [0.5, 0.6) is 0 Å². The number of nitrogens with one attached hydrogen (secondary N) is 2. The first-order chi connectivity index (χ1) is 12.7. The van der Waals surface area contributed by atoms with E-state index in [0.717, 1.165) is 41.3 Å². The molecule has 1 aliphatic rings. The summed E-state index contributed by atoms with van der Waals surface area (Å²) < 4.78 is 0. The molecule has 130 valence electrons. The summed E-state index contributed by atoms with van der Waals surface area (Å²) in [5.74, 6) is 0.630. The predicted molar refractivity (Wildman–Crippen MR) is 107 cm³/mol. The van der Waals surface area contributed by atoms with E-state index in [-0.39, 0.29) is 6.03 Å². The molecule has 0 fully saturated rings. The highest BCUT2D eigenvalue weighted by Crippen LogP contribution is 2.39. The van der Waals surface area contributed by atoms with Crippen LogP contribution < -0.4 is 10.6 Å². The molecule has 1 unspecified atom stereocenters. The second-order valence-electron chi connectivity index (χ2n) is 6.77. The molecule has 0 bridgehead atoms. The van der Waals surface area contributed by atoms with Crippen molar-refractivity contribution < 1.29 is 4.79 Å². The Labute approximate surface area is 156 Å². The first-order valence-corrected chi connectivity index (χ1v) is 9.57. The van der Waals surface area contributed by atoms with Crippen molar-refractivity contribution in [1.82, 2.24) is 0 Å². The highest BCUT2D eigenvalue weighted by molar-refractivity contribution is 7.16. The van der Waals surface area contributed by atoms with Gasteiger partial charge in [-0.2, -0.15) is 5.26 Å². The van der Waals surface area contributed by atoms with Crippen LogP contribution in [-0.2, 0) is 12.8 Å². The Hall–Kier alpha value is -2.84. The van der Waals surface area contributed by atoms with Gasteiger partial charge in [0.2, 0.25) is 0 Å². The van der Waals surface area contributed by atoms with Gasteiger partial charge in [0.1, 0.15) is 11.1 Å². The fourth-order valence-corrected chi connectivity index (χ4v) is 4.90. The Kier molecular flexibility index (Phi) is 4.36. The molecule has 0 radical (unpaired) electrons. The molecule has 5 heteroatoms. The van der Waals surface area contributed by atoms with Gasteiger partial charge in [0.15, 0.2) is 0 Å². The SMILES string of the molecule is CC1CCc2c(sc(NC(=O)Nc3cccc4ccccc34)c2C#N)C1. The van der Waals surface area contributed by atoms with Crippen molar-refractivity contribution in [2.45, 2.75) is 26.2 Å². The molecule has 0 saturated heterocycles. The van der Waals surface area contributed by atoms with E-state index in [9.17, 15) is 10.1 Å². The molecule has 3 aromatic rings. The Morgan fingerprint density at radius 3 is 2.85 bits per heavy atom. The second-order valence-corrected chi connectivity index (χ2v) is 7.88. The lowest BCUT2D eigenvalue weighted by molar-refractivity contribution is 0.262. The van der Waals surface area contributed by atoms with Gasteiger partial charge in [-0.15, -0.1) is 11.3 Å². The van der Waals surface area contributed by atoms with E-state index in [0.29, 0.717) is 16.5 Å². The molecule has 4 nitrogen and oxygen atoms in total. The standard InChI is InChI=1S/C21H19N3OS/c1-13-9-10-16-17(12-22)20(26-19(16)11-13)24-21(25)23-18-8-4-6-14-5-2-3-7-15(14)18/h2-8,13H,9-11H2,1H3,(H2,23,24,25).